The minimum Gasteiger partial charge on any atom is -0.481 e. The first-order chi connectivity index (χ1) is 9.10. The molecule has 0 aliphatic carbocycles. The molecule has 2 rings (SSSR count). The van der Waals surface area contributed by atoms with Gasteiger partial charge in [0.1, 0.15) is 0 Å². The van der Waals surface area contributed by atoms with Gasteiger partial charge in [0.2, 0.25) is 5.88 Å². The van der Waals surface area contributed by atoms with Gasteiger partial charge < -0.3 is 10.1 Å². The highest BCUT2D eigenvalue weighted by molar-refractivity contribution is 9.10. The number of methoxy groups -OCH3 is 1. The molecule has 0 bridgehead atoms. The monoisotopic (exact) mass is 338 g/mol. The SMILES string of the molecule is COc1ccc(NC(=O)c2ccc(Br)cc2S)cn1. The number of hydrogen-bond donors (Lipinski definition) is 2. The van der Waals surface area contributed by atoms with E-state index in [9.17, 15) is 4.79 Å². The number of anilines is 1. The standard InChI is InChI=1S/C13H11BrN2O2S/c1-18-12-5-3-9(7-15-12)16-13(17)10-4-2-8(14)6-11(10)19/h2-7,19H,1H3,(H,16,17). The zero-order chi connectivity index (χ0) is 13.8. The van der Waals surface area contributed by atoms with E-state index < -0.39 is 0 Å². The van der Waals surface area contributed by atoms with Crippen molar-refractivity contribution in [2.45, 2.75) is 4.90 Å². The van der Waals surface area contributed by atoms with Crippen LogP contribution in [0, 0.1) is 0 Å². The molecule has 2 aromatic rings. The van der Waals surface area contributed by atoms with E-state index in [0.717, 1.165) is 4.47 Å². The first-order valence-electron chi connectivity index (χ1n) is 5.40. The number of nitrogens with zero attached hydrogens (tertiary/aromatic N) is 1. The van der Waals surface area contributed by atoms with Crippen LogP contribution in [0.2, 0.25) is 0 Å². The van der Waals surface area contributed by atoms with Crippen LogP contribution in [-0.2, 0) is 0 Å². The van der Waals surface area contributed by atoms with Crippen LogP contribution in [0.25, 0.3) is 0 Å². The Kier molecular flexibility index (Phi) is 4.44. The van der Waals surface area contributed by atoms with Crippen LogP contribution in [0.4, 0.5) is 5.69 Å². The summed E-state index contributed by atoms with van der Waals surface area (Å²) in [5.41, 5.74) is 1.10. The first-order valence-corrected chi connectivity index (χ1v) is 6.64. The molecule has 0 saturated heterocycles. The molecule has 0 aliphatic rings. The quantitative estimate of drug-likeness (QED) is 0.843. The largest absolute Gasteiger partial charge is 0.481 e. The van der Waals surface area contributed by atoms with E-state index in [-0.39, 0.29) is 5.91 Å². The molecule has 0 unspecified atom stereocenters. The number of pyridine rings is 1. The summed E-state index contributed by atoms with van der Waals surface area (Å²) in [7, 11) is 1.54. The second kappa shape index (κ2) is 6.08. The molecule has 1 aromatic heterocycles. The Labute approximate surface area is 124 Å². The van der Waals surface area contributed by atoms with Gasteiger partial charge in [0.25, 0.3) is 5.91 Å². The summed E-state index contributed by atoms with van der Waals surface area (Å²) in [5.74, 6) is 0.265. The number of rotatable bonds is 3. The van der Waals surface area contributed by atoms with E-state index in [1.165, 1.54) is 13.3 Å². The fourth-order valence-corrected chi connectivity index (χ4v) is 2.32. The summed E-state index contributed by atoms with van der Waals surface area (Å²) in [6.45, 7) is 0. The third-order valence-corrected chi connectivity index (χ3v) is 3.27. The topological polar surface area (TPSA) is 51.2 Å². The normalized spacial score (nSPS) is 10.1. The van der Waals surface area contributed by atoms with Gasteiger partial charge in [-0.25, -0.2) is 4.98 Å². The van der Waals surface area contributed by atoms with E-state index in [4.69, 9.17) is 4.74 Å². The third-order valence-electron chi connectivity index (χ3n) is 2.41. The highest BCUT2D eigenvalue weighted by Gasteiger charge is 2.10. The second-order valence-corrected chi connectivity index (χ2v) is 5.10. The fraction of sp³-hybridized carbons (Fsp3) is 0.0769. The summed E-state index contributed by atoms with van der Waals surface area (Å²) in [6, 6.07) is 8.67. The molecular formula is C13H11BrN2O2S. The van der Waals surface area contributed by atoms with Gasteiger partial charge in [-0.15, -0.1) is 12.6 Å². The van der Waals surface area contributed by atoms with Crippen LogP contribution in [0.1, 0.15) is 10.4 Å². The maximum atomic E-state index is 12.1. The van der Waals surface area contributed by atoms with Crippen molar-refractivity contribution in [1.82, 2.24) is 4.98 Å². The average Bonchev–Trinajstić information content (AvgIpc) is 2.39. The number of amides is 1. The Morgan fingerprint density at radius 2 is 2.16 bits per heavy atom. The van der Waals surface area contributed by atoms with Gasteiger partial charge >= 0.3 is 0 Å². The number of nitrogens with one attached hydrogen (secondary N) is 1. The molecule has 1 amide bonds. The average molecular weight is 339 g/mol. The zero-order valence-corrected chi connectivity index (χ0v) is 12.5. The van der Waals surface area contributed by atoms with E-state index in [1.807, 2.05) is 0 Å². The summed E-state index contributed by atoms with van der Waals surface area (Å²) >= 11 is 7.60. The van der Waals surface area contributed by atoms with Crippen LogP contribution in [0.3, 0.4) is 0 Å². The molecule has 98 valence electrons. The smallest absolute Gasteiger partial charge is 0.256 e. The van der Waals surface area contributed by atoms with Crippen molar-refractivity contribution < 1.29 is 9.53 Å². The highest BCUT2D eigenvalue weighted by Crippen LogP contribution is 2.21. The molecule has 0 fully saturated rings. The molecule has 0 aliphatic heterocycles. The Balaban J connectivity index is 2.15. The lowest BCUT2D eigenvalue weighted by Crippen LogP contribution is -2.12. The van der Waals surface area contributed by atoms with Gasteiger partial charge in [-0.2, -0.15) is 0 Å². The Morgan fingerprint density at radius 1 is 1.37 bits per heavy atom. The summed E-state index contributed by atoms with van der Waals surface area (Å²) in [5, 5.41) is 2.75. The first kappa shape index (κ1) is 13.9. The lowest BCUT2D eigenvalue weighted by Gasteiger charge is -2.07. The third kappa shape index (κ3) is 3.48. The van der Waals surface area contributed by atoms with Crippen LogP contribution in [0.5, 0.6) is 5.88 Å². The Morgan fingerprint density at radius 3 is 2.74 bits per heavy atom. The molecule has 0 saturated carbocycles. The van der Waals surface area contributed by atoms with E-state index >= 15 is 0 Å². The molecule has 6 heteroatoms. The molecule has 1 N–H and O–H groups in total. The number of thiol groups is 1. The summed E-state index contributed by atoms with van der Waals surface area (Å²) < 4.78 is 5.82. The Hall–Kier alpha value is -1.53. The van der Waals surface area contributed by atoms with Gasteiger partial charge in [-0.1, -0.05) is 15.9 Å². The van der Waals surface area contributed by atoms with Crippen molar-refractivity contribution in [1.29, 1.82) is 0 Å². The maximum Gasteiger partial charge on any atom is 0.256 e. The molecule has 1 heterocycles. The molecular weight excluding hydrogens is 328 g/mol. The Bertz CT molecular complexity index is 602. The molecule has 0 radical (unpaired) electrons. The van der Waals surface area contributed by atoms with Gasteiger partial charge in [-0.3, -0.25) is 4.79 Å². The molecule has 0 spiro atoms. The maximum absolute atomic E-state index is 12.1. The summed E-state index contributed by atoms with van der Waals surface area (Å²) in [4.78, 5) is 16.7. The lowest BCUT2D eigenvalue weighted by atomic mass is 10.2. The number of carbonyl (C=O) groups is 1. The minimum atomic E-state index is -0.232. The van der Waals surface area contributed by atoms with Crippen LogP contribution >= 0.6 is 28.6 Å². The lowest BCUT2D eigenvalue weighted by molar-refractivity contribution is 0.102. The number of halogens is 1. The van der Waals surface area contributed by atoms with Crippen LogP contribution in [0.15, 0.2) is 45.9 Å². The van der Waals surface area contributed by atoms with E-state index in [0.29, 0.717) is 22.0 Å². The summed E-state index contributed by atoms with van der Waals surface area (Å²) in [6.07, 6.45) is 1.54. The predicted molar refractivity (Wildman–Crippen MR) is 80.1 cm³/mol. The van der Waals surface area contributed by atoms with Crippen LogP contribution < -0.4 is 10.1 Å². The van der Waals surface area contributed by atoms with Crippen molar-refractivity contribution in [2.75, 3.05) is 12.4 Å². The van der Waals surface area contributed by atoms with E-state index in [2.05, 4.69) is 38.9 Å². The molecule has 1 aromatic carbocycles. The molecule has 4 nitrogen and oxygen atoms in total. The van der Waals surface area contributed by atoms with Gasteiger partial charge in [-0.05, 0) is 24.3 Å². The van der Waals surface area contributed by atoms with Gasteiger partial charge in [0.15, 0.2) is 0 Å². The van der Waals surface area contributed by atoms with Crippen molar-refractivity contribution in [3.63, 3.8) is 0 Å². The van der Waals surface area contributed by atoms with E-state index in [1.54, 1.807) is 30.3 Å². The predicted octanol–water partition coefficient (Wildman–Crippen LogP) is 3.39. The molecule has 19 heavy (non-hydrogen) atoms. The fourth-order valence-electron chi connectivity index (χ4n) is 1.47. The van der Waals surface area contributed by atoms with Crippen molar-refractivity contribution in [2.24, 2.45) is 0 Å². The zero-order valence-electron chi connectivity index (χ0n) is 10.1. The van der Waals surface area contributed by atoms with Gasteiger partial charge in [0, 0.05) is 15.4 Å². The number of benzene rings is 1. The highest BCUT2D eigenvalue weighted by atomic mass is 79.9. The van der Waals surface area contributed by atoms with Crippen molar-refractivity contribution >= 4 is 40.2 Å². The van der Waals surface area contributed by atoms with Crippen LogP contribution in [-0.4, -0.2) is 18.0 Å². The number of hydrogen-bond acceptors (Lipinski definition) is 4. The number of carbonyl (C=O) groups excluding carboxylic acids is 1. The second-order valence-electron chi connectivity index (χ2n) is 3.70. The van der Waals surface area contributed by atoms with Crippen molar-refractivity contribution in [3.8, 4) is 5.88 Å². The van der Waals surface area contributed by atoms with Gasteiger partial charge in [0.05, 0.1) is 24.6 Å². The molecule has 0 atom stereocenters. The van der Waals surface area contributed by atoms with Crippen molar-refractivity contribution in [3.05, 3.63) is 46.6 Å². The number of ether oxygens (including phenoxy) is 1. The number of aromatic nitrogens is 1. The minimum absolute atomic E-state index is 0.232.